The van der Waals surface area contributed by atoms with Crippen molar-refractivity contribution in [3.63, 3.8) is 0 Å². The summed E-state index contributed by atoms with van der Waals surface area (Å²) in [6.07, 6.45) is 0.0615. The lowest BCUT2D eigenvalue weighted by atomic mass is 9.99. The monoisotopic (exact) mass is 653 g/mol. The minimum atomic E-state index is -0.480. The van der Waals surface area contributed by atoms with Gasteiger partial charge in [0.1, 0.15) is 11.9 Å². The maximum atomic E-state index is 13.4. The van der Waals surface area contributed by atoms with Crippen molar-refractivity contribution < 1.29 is 28.5 Å². The van der Waals surface area contributed by atoms with Crippen molar-refractivity contribution in [1.82, 2.24) is 14.7 Å². The second-order valence-corrected chi connectivity index (χ2v) is 12.2. The number of hydrogen-bond donors (Lipinski definition) is 0. The Morgan fingerprint density at radius 1 is 0.833 bits per heavy atom. The van der Waals surface area contributed by atoms with Crippen LogP contribution in [0.5, 0.6) is 5.75 Å². The van der Waals surface area contributed by atoms with Gasteiger partial charge in [0.25, 0.3) is 11.8 Å². The largest absolute Gasteiger partial charge is 0.468 e. The van der Waals surface area contributed by atoms with Crippen molar-refractivity contribution in [1.29, 1.82) is 0 Å². The molecule has 0 N–H and O–H groups in total. The summed E-state index contributed by atoms with van der Waals surface area (Å²) in [7, 11) is 5.54. The van der Waals surface area contributed by atoms with Crippen LogP contribution >= 0.6 is 0 Å². The van der Waals surface area contributed by atoms with E-state index in [2.05, 4.69) is 48.3 Å². The van der Waals surface area contributed by atoms with Gasteiger partial charge in [-0.2, -0.15) is 0 Å². The predicted molar refractivity (Wildman–Crippen MR) is 188 cm³/mol. The first-order valence-electron chi connectivity index (χ1n) is 16.6. The van der Waals surface area contributed by atoms with Gasteiger partial charge in [0, 0.05) is 65.5 Å². The highest BCUT2D eigenvalue weighted by molar-refractivity contribution is 5.98. The standard InChI is InChI=1S/C39H47N3O6/c1-5-47-37(39(44)42-19-17-40(2)18-20-42)24-29-9-11-31(12-10-29)32-8-6-7-30(23-32)27-41(3)38(43)35-14-13-34-26-36(16-15-33(34)25-35)48-28-46-22-21-45-4/h6-16,23,25-26,37H,5,17-22,24,27-28H2,1-4H3. The van der Waals surface area contributed by atoms with E-state index in [0.717, 1.165) is 59.2 Å². The molecule has 0 radical (unpaired) electrons. The predicted octanol–water partition coefficient (Wildman–Crippen LogP) is 5.50. The molecule has 0 bridgehead atoms. The Balaban J connectivity index is 1.18. The topological polar surface area (TPSA) is 80.8 Å². The summed E-state index contributed by atoms with van der Waals surface area (Å²) in [5.41, 5.74) is 4.88. The normalized spacial score (nSPS) is 14.2. The second kappa shape index (κ2) is 17.2. The molecule has 0 aromatic heterocycles. The first-order chi connectivity index (χ1) is 23.3. The number of rotatable bonds is 15. The molecule has 9 nitrogen and oxygen atoms in total. The van der Waals surface area contributed by atoms with Crippen LogP contribution in [0, 0.1) is 0 Å². The summed E-state index contributed by atoms with van der Waals surface area (Å²) in [6.45, 7) is 7.29. The Hall–Kier alpha value is -4.28. The minimum absolute atomic E-state index is 0.0477. The van der Waals surface area contributed by atoms with Crippen LogP contribution in [0.3, 0.4) is 0 Å². The van der Waals surface area contributed by atoms with Crippen LogP contribution < -0.4 is 4.74 Å². The number of hydrogen-bond acceptors (Lipinski definition) is 7. The zero-order valence-corrected chi connectivity index (χ0v) is 28.5. The van der Waals surface area contributed by atoms with Crippen LogP contribution in [0.2, 0.25) is 0 Å². The summed E-state index contributed by atoms with van der Waals surface area (Å²) < 4.78 is 21.9. The van der Waals surface area contributed by atoms with E-state index >= 15 is 0 Å². The molecule has 1 heterocycles. The van der Waals surface area contributed by atoms with Crippen molar-refractivity contribution in [2.24, 2.45) is 0 Å². The number of piperazine rings is 1. The van der Waals surface area contributed by atoms with Gasteiger partial charge in [-0.05, 0) is 77.3 Å². The molecule has 254 valence electrons. The highest BCUT2D eigenvalue weighted by atomic mass is 16.7. The average Bonchev–Trinajstić information content (AvgIpc) is 3.11. The number of methoxy groups -OCH3 is 1. The Kier molecular flexibility index (Phi) is 12.6. The van der Waals surface area contributed by atoms with Gasteiger partial charge in [0.2, 0.25) is 0 Å². The molecule has 48 heavy (non-hydrogen) atoms. The Morgan fingerprint density at radius 2 is 1.58 bits per heavy atom. The minimum Gasteiger partial charge on any atom is -0.468 e. The van der Waals surface area contributed by atoms with Crippen molar-refractivity contribution in [2.75, 3.05) is 74.0 Å². The summed E-state index contributed by atoms with van der Waals surface area (Å²) in [5, 5.41) is 1.95. The van der Waals surface area contributed by atoms with Crippen LogP contribution in [-0.4, -0.2) is 107 Å². The summed E-state index contributed by atoms with van der Waals surface area (Å²) in [6, 6.07) is 28.1. The lowest BCUT2D eigenvalue weighted by Gasteiger charge is -2.34. The van der Waals surface area contributed by atoms with Gasteiger partial charge in [0.15, 0.2) is 6.79 Å². The number of carbonyl (C=O) groups excluding carboxylic acids is 2. The van der Waals surface area contributed by atoms with Gasteiger partial charge < -0.3 is 33.6 Å². The lowest BCUT2D eigenvalue weighted by Crippen LogP contribution is -2.51. The third-order valence-corrected chi connectivity index (χ3v) is 8.66. The van der Waals surface area contributed by atoms with Crippen LogP contribution in [0.25, 0.3) is 21.9 Å². The lowest BCUT2D eigenvalue weighted by molar-refractivity contribution is -0.145. The number of carbonyl (C=O) groups is 2. The fourth-order valence-electron chi connectivity index (χ4n) is 5.87. The molecule has 1 atom stereocenters. The van der Waals surface area contributed by atoms with Crippen molar-refractivity contribution >= 4 is 22.6 Å². The van der Waals surface area contributed by atoms with E-state index in [1.807, 2.05) is 67.4 Å². The van der Waals surface area contributed by atoms with E-state index in [0.29, 0.717) is 44.1 Å². The molecular formula is C39H47N3O6. The number of fused-ring (bicyclic) bond motifs is 1. The zero-order chi connectivity index (χ0) is 33.9. The number of amides is 2. The van der Waals surface area contributed by atoms with Crippen LogP contribution in [0.4, 0.5) is 0 Å². The Labute approximate surface area is 283 Å². The molecule has 1 aliphatic heterocycles. The van der Waals surface area contributed by atoms with Gasteiger partial charge in [0.05, 0.1) is 13.2 Å². The van der Waals surface area contributed by atoms with E-state index in [9.17, 15) is 9.59 Å². The van der Waals surface area contributed by atoms with Crippen molar-refractivity contribution in [2.45, 2.75) is 26.0 Å². The van der Waals surface area contributed by atoms with E-state index in [1.54, 1.807) is 12.0 Å². The zero-order valence-electron chi connectivity index (χ0n) is 28.5. The number of likely N-dealkylation sites (N-methyl/N-ethyl adjacent to an activating group) is 1. The molecule has 1 unspecified atom stereocenters. The van der Waals surface area contributed by atoms with Gasteiger partial charge in [-0.3, -0.25) is 9.59 Å². The fraction of sp³-hybridized carbons (Fsp3) is 0.385. The first kappa shape index (κ1) is 35.0. The molecule has 0 aliphatic carbocycles. The maximum absolute atomic E-state index is 13.4. The van der Waals surface area contributed by atoms with Gasteiger partial charge >= 0.3 is 0 Å². The van der Waals surface area contributed by atoms with Crippen LogP contribution in [0.1, 0.15) is 28.4 Å². The summed E-state index contributed by atoms with van der Waals surface area (Å²) >= 11 is 0. The quantitative estimate of drug-likeness (QED) is 0.124. The van der Waals surface area contributed by atoms with Crippen molar-refractivity contribution in [3.05, 3.63) is 102 Å². The molecule has 0 saturated carbocycles. The smallest absolute Gasteiger partial charge is 0.253 e. The van der Waals surface area contributed by atoms with E-state index in [-0.39, 0.29) is 18.6 Å². The molecule has 4 aromatic rings. The number of ether oxygens (including phenoxy) is 4. The number of nitrogens with zero attached hydrogens (tertiary/aromatic N) is 3. The highest BCUT2D eigenvalue weighted by Crippen LogP contribution is 2.25. The molecular weight excluding hydrogens is 606 g/mol. The third kappa shape index (κ3) is 9.41. The van der Waals surface area contributed by atoms with Crippen LogP contribution in [-0.2, 0) is 32.0 Å². The van der Waals surface area contributed by atoms with Crippen LogP contribution in [0.15, 0.2) is 84.9 Å². The van der Waals surface area contributed by atoms with Gasteiger partial charge in [-0.1, -0.05) is 54.6 Å². The van der Waals surface area contributed by atoms with Gasteiger partial charge in [-0.15, -0.1) is 0 Å². The molecule has 1 saturated heterocycles. The molecule has 1 aliphatic rings. The first-order valence-corrected chi connectivity index (χ1v) is 16.6. The molecule has 0 spiro atoms. The molecule has 5 rings (SSSR count). The second-order valence-electron chi connectivity index (χ2n) is 12.2. The van der Waals surface area contributed by atoms with E-state index in [4.69, 9.17) is 18.9 Å². The Morgan fingerprint density at radius 3 is 2.33 bits per heavy atom. The molecule has 1 fully saturated rings. The third-order valence-electron chi connectivity index (χ3n) is 8.66. The Bertz CT molecular complexity index is 1650. The molecule has 4 aromatic carbocycles. The average molecular weight is 654 g/mol. The van der Waals surface area contributed by atoms with Crippen molar-refractivity contribution in [3.8, 4) is 16.9 Å². The van der Waals surface area contributed by atoms with E-state index < -0.39 is 6.10 Å². The maximum Gasteiger partial charge on any atom is 0.253 e. The van der Waals surface area contributed by atoms with E-state index in [1.165, 1.54) is 0 Å². The molecule has 2 amide bonds. The highest BCUT2D eigenvalue weighted by Gasteiger charge is 2.27. The summed E-state index contributed by atoms with van der Waals surface area (Å²) in [5.74, 6) is 0.730. The fourth-order valence-corrected chi connectivity index (χ4v) is 5.87. The molecule has 9 heteroatoms. The SMILES string of the molecule is CCOC(Cc1ccc(-c2cccc(CN(C)C(=O)c3ccc4cc(OCOCCOC)ccc4c3)c2)cc1)C(=O)N1CCN(C)CC1. The number of benzene rings is 4. The summed E-state index contributed by atoms with van der Waals surface area (Å²) in [4.78, 5) is 32.5. The van der Waals surface area contributed by atoms with Gasteiger partial charge in [-0.25, -0.2) is 0 Å².